The molecule has 0 fully saturated rings. The SMILES string of the molecule is CCN(CC(=O)NC(C)C)c1ccc(CNC)cc1F. The third-order valence-corrected chi connectivity index (χ3v) is 2.90. The van der Waals surface area contributed by atoms with Crippen LogP contribution in [0, 0.1) is 5.82 Å². The first kappa shape index (κ1) is 16.4. The number of benzene rings is 1. The summed E-state index contributed by atoms with van der Waals surface area (Å²) in [6.07, 6.45) is 0. The topological polar surface area (TPSA) is 44.4 Å². The largest absolute Gasteiger partial charge is 0.360 e. The number of nitrogens with one attached hydrogen (secondary N) is 2. The van der Waals surface area contributed by atoms with Crippen LogP contribution in [0.4, 0.5) is 10.1 Å². The molecule has 1 rings (SSSR count). The Morgan fingerprint density at radius 3 is 2.60 bits per heavy atom. The zero-order chi connectivity index (χ0) is 15.1. The van der Waals surface area contributed by atoms with Gasteiger partial charge in [0, 0.05) is 19.1 Å². The van der Waals surface area contributed by atoms with Gasteiger partial charge in [-0.15, -0.1) is 0 Å². The molecule has 5 heteroatoms. The van der Waals surface area contributed by atoms with E-state index in [1.165, 1.54) is 6.07 Å². The van der Waals surface area contributed by atoms with Crippen LogP contribution in [0.2, 0.25) is 0 Å². The highest BCUT2D eigenvalue weighted by atomic mass is 19.1. The molecule has 0 spiro atoms. The quantitative estimate of drug-likeness (QED) is 0.802. The maximum Gasteiger partial charge on any atom is 0.239 e. The Balaban J connectivity index is 2.81. The first-order valence-corrected chi connectivity index (χ1v) is 6.95. The number of likely N-dealkylation sites (N-methyl/N-ethyl adjacent to an activating group) is 1. The average Bonchev–Trinajstić information content (AvgIpc) is 2.36. The predicted octanol–water partition coefficient (Wildman–Crippen LogP) is 1.90. The summed E-state index contributed by atoms with van der Waals surface area (Å²) in [6, 6.07) is 5.20. The van der Waals surface area contributed by atoms with Crippen molar-refractivity contribution >= 4 is 11.6 Å². The lowest BCUT2D eigenvalue weighted by molar-refractivity contribution is -0.120. The van der Waals surface area contributed by atoms with Gasteiger partial charge in [0.2, 0.25) is 5.91 Å². The van der Waals surface area contributed by atoms with Crippen molar-refractivity contribution in [2.24, 2.45) is 0 Å². The molecule has 1 aromatic carbocycles. The number of halogens is 1. The van der Waals surface area contributed by atoms with Crippen molar-refractivity contribution in [3.05, 3.63) is 29.6 Å². The molecule has 0 heterocycles. The van der Waals surface area contributed by atoms with Crippen LogP contribution in [0.5, 0.6) is 0 Å². The highest BCUT2D eigenvalue weighted by Gasteiger charge is 2.14. The number of amides is 1. The Morgan fingerprint density at radius 2 is 2.10 bits per heavy atom. The van der Waals surface area contributed by atoms with E-state index < -0.39 is 0 Å². The van der Waals surface area contributed by atoms with Gasteiger partial charge < -0.3 is 15.5 Å². The van der Waals surface area contributed by atoms with Crippen LogP contribution in [-0.2, 0) is 11.3 Å². The molecule has 4 nitrogen and oxygen atoms in total. The summed E-state index contributed by atoms with van der Waals surface area (Å²) < 4.78 is 14.1. The molecule has 0 radical (unpaired) electrons. The highest BCUT2D eigenvalue weighted by Crippen LogP contribution is 2.20. The van der Waals surface area contributed by atoms with Gasteiger partial charge in [-0.2, -0.15) is 0 Å². The van der Waals surface area contributed by atoms with E-state index >= 15 is 0 Å². The van der Waals surface area contributed by atoms with Gasteiger partial charge in [0.1, 0.15) is 5.82 Å². The van der Waals surface area contributed by atoms with Gasteiger partial charge in [0.25, 0.3) is 0 Å². The maximum atomic E-state index is 14.1. The number of hydrogen-bond donors (Lipinski definition) is 2. The summed E-state index contributed by atoms with van der Waals surface area (Å²) in [5.41, 5.74) is 1.35. The Labute approximate surface area is 120 Å². The minimum Gasteiger partial charge on any atom is -0.360 e. The summed E-state index contributed by atoms with van der Waals surface area (Å²) in [6.45, 7) is 7.08. The third kappa shape index (κ3) is 4.81. The van der Waals surface area contributed by atoms with Crippen molar-refractivity contribution in [3.8, 4) is 0 Å². The van der Waals surface area contributed by atoms with Gasteiger partial charge in [0.05, 0.1) is 12.2 Å². The highest BCUT2D eigenvalue weighted by molar-refractivity contribution is 5.81. The van der Waals surface area contributed by atoms with E-state index in [4.69, 9.17) is 0 Å². The molecule has 1 aromatic rings. The summed E-state index contributed by atoms with van der Waals surface area (Å²) in [7, 11) is 1.82. The first-order chi connectivity index (χ1) is 9.47. The van der Waals surface area contributed by atoms with Crippen LogP contribution in [0.1, 0.15) is 26.3 Å². The van der Waals surface area contributed by atoms with E-state index in [1.54, 1.807) is 11.0 Å². The fraction of sp³-hybridized carbons (Fsp3) is 0.533. The maximum absolute atomic E-state index is 14.1. The Kier molecular flexibility index (Phi) is 6.45. The fourth-order valence-electron chi connectivity index (χ4n) is 2.03. The molecule has 0 atom stereocenters. The van der Waals surface area contributed by atoms with E-state index in [-0.39, 0.29) is 24.3 Å². The molecule has 2 N–H and O–H groups in total. The summed E-state index contributed by atoms with van der Waals surface area (Å²) in [5, 5.41) is 5.80. The number of carbonyl (C=O) groups excluding carboxylic acids is 1. The second-order valence-corrected chi connectivity index (χ2v) is 5.05. The van der Waals surface area contributed by atoms with Crippen LogP contribution >= 0.6 is 0 Å². The summed E-state index contributed by atoms with van der Waals surface area (Å²) in [5.74, 6) is -0.391. The molecule has 0 bridgehead atoms. The summed E-state index contributed by atoms with van der Waals surface area (Å²) >= 11 is 0. The Hall–Kier alpha value is -1.62. The van der Waals surface area contributed by atoms with Crippen molar-refractivity contribution in [2.45, 2.75) is 33.4 Å². The van der Waals surface area contributed by atoms with Crippen LogP contribution < -0.4 is 15.5 Å². The molecule has 20 heavy (non-hydrogen) atoms. The van der Waals surface area contributed by atoms with Gasteiger partial charge in [0.15, 0.2) is 0 Å². The molecule has 0 unspecified atom stereocenters. The molecule has 0 aliphatic heterocycles. The monoisotopic (exact) mass is 281 g/mol. The molecule has 0 saturated heterocycles. The molecule has 0 aromatic heterocycles. The van der Waals surface area contributed by atoms with Crippen LogP contribution in [0.3, 0.4) is 0 Å². The number of anilines is 1. The fourth-order valence-corrected chi connectivity index (χ4v) is 2.03. The van der Waals surface area contributed by atoms with Crippen LogP contribution in [-0.4, -0.2) is 32.1 Å². The summed E-state index contributed by atoms with van der Waals surface area (Å²) in [4.78, 5) is 13.5. The zero-order valence-electron chi connectivity index (χ0n) is 12.7. The third-order valence-electron chi connectivity index (χ3n) is 2.90. The van der Waals surface area contributed by atoms with Crippen molar-refractivity contribution < 1.29 is 9.18 Å². The van der Waals surface area contributed by atoms with Crippen LogP contribution in [0.25, 0.3) is 0 Å². The van der Waals surface area contributed by atoms with E-state index in [9.17, 15) is 9.18 Å². The first-order valence-electron chi connectivity index (χ1n) is 6.95. The number of hydrogen-bond acceptors (Lipinski definition) is 3. The second kappa shape index (κ2) is 7.85. The number of nitrogens with zero attached hydrogens (tertiary/aromatic N) is 1. The lowest BCUT2D eigenvalue weighted by Crippen LogP contribution is -2.40. The van der Waals surface area contributed by atoms with Gasteiger partial charge >= 0.3 is 0 Å². The minimum absolute atomic E-state index is 0.0871. The van der Waals surface area contributed by atoms with Gasteiger partial charge in [-0.25, -0.2) is 4.39 Å². The molecule has 1 amide bonds. The molecular weight excluding hydrogens is 257 g/mol. The minimum atomic E-state index is -0.294. The van der Waals surface area contributed by atoms with Crippen molar-refractivity contribution in [1.82, 2.24) is 10.6 Å². The van der Waals surface area contributed by atoms with E-state index in [2.05, 4.69) is 10.6 Å². The normalized spacial score (nSPS) is 10.7. The van der Waals surface area contributed by atoms with Gasteiger partial charge in [-0.1, -0.05) is 6.07 Å². The van der Waals surface area contributed by atoms with Crippen molar-refractivity contribution in [2.75, 3.05) is 25.0 Å². The van der Waals surface area contributed by atoms with Crippen molar-refractivity contribution in [3.63, 3.8) is 0 Å². The lowest BCUT2D eigenvalue weighted by Gasteiger charge is -2.24. The van der Waals surface area contributed by atoms with Gasteiger partial charge in [-0.05, 0) is 45.5 Å². The predicted molar refractivity (Wildman–Crippen MR) is 80.3 cm³/mol. The second-order valence-electron chi connectivity index (χ2n) is 5.05. The molecule has 0 saturated carbocycles. The van der Waals surface area contributed by atoms with E-state index in [0.717, 1.165) is 5.56 Å². The smallest absolute Gasteiger partial charge is 0.239 e. The lowest BCUT2D eigenvalue weighted by atomic mass is 10.1. The van der Waals surface area contributed by atoms with Crippen molar-refractivity contribution in [1.29, 1.82) is 0 Å². The molecule has 0 aliphatic rings. The molecule has 112 valence electrons. The Morgan fingerprint density at radius 1 is 1.40 bits per heavy atom. The molecule has 0 aliphatic carbocycles. The standard InChI is InChI=1S/C15H24FN3O/c1-5-19(10-15(20)18-11(2)3)14-7-6-12(9-17-4)8-13(14)16/h6-8,11,17H,5,9-10H2,1-4H3,(H,18,20). The Bertz CT molecular complexity index is 449. The van der Waals surface area contributed by atoms with E-state index in [0.29, 0.717) is 18.8 Å². The van der Waals surface area contributed by atoms with Gasteiger partial charge in [-0.3, -0.25) is 4.79 Å². The van der Waals surface area contributed by atoms with E-state index in [1.807, 2.05) is 33.9 Å². The number of rotatable bonds is 7. The van der Waals surface area contributed by atoms with Crippen LogP contribution in [0.15, 0.2) is 18.2 Å². The average molecular weight is 281 g/mol. The number of carbonyl (C=O) groups is 1. The zero-order valence-corrected chi connectivity index (χ0v) is 12.7. The molecular formula is C15H24FN3O.